The molecule has 0 spiro atoms. The Morgan fingerprint density at radius 2 is 2.05 bits per heavy atom. The molecule has 114 valence electrons. The highest BCUT2D eigenvalue weighted by atomic mass is 16.4. The number of amides is 1. The fourth-order valence-electron chi connectivity index (χ4n) is 2.89. The lowest BCUT2D eigenvalue weighted by Gasteiger charge is -2.30. The van der Waals surface area contributed by atoms with Gasteiger partial charge in [-0.1, -0.05) is 26.7 Å². The summed E-state index contributed by atoms with van der Waals surface area (Å²) in [6.07, 6.45) is 5.71. The van der Waals surface area contributed by atoms with E-state index >= 15 is 0 Å². The molecule has 0 aromatic carbocycles. The molecule has 1 aliphatic carbocycles. The number of pyridine rings is 1. The molecule has 1 heterocycles. The van der Waals surface area contributed by atoms with Crippen molar-refractivity contribution in [1.29, 1.82) is 0 Å². The zero-order valence-corrected chi connectivity index (χ0v) is 12.6. The average molecular weight is 290 g/mol. The molecular weight excluding hydrogens is 268 g/mol. The van der Waals surface area contributed by atoms with E-state index in [-0.39, 0.29) is 23.2 Å². The molecule has 5 nitrogen and oxygen atoms in total. The molecule has 2 rings (SSSR count). The molecule has 0 aliphatic heterocycles. The lowest BCUT2D eigenvalue weighted by atomic mass is 10.1. The lowest BCUT2D eigenvalue weighted by molar-refractivity contribution is 0.0623. The second-order valence-corrected chi connectivity index (χ2v) is 5.99. The van der Waals surface area contributed by atoms with Crippen molar-refractivity contribution >= 4 is 11.9 Å². The summed E-state index contributed by atoms with van der Waals surface area (Å²) < 4.78 is 0. The predicted molar refractivity (Wildman–Crippen MR) is 79.3 cm³/mol. The molecule has 5 heteroatoms. The van der Waals surface area contributed by atoms with Gasteiger partial charge in [0.1, 0.15) is 5.69 Å². The molecule has 0 atom stereocenters. The summed E-state index contributed by atoms with van der Waals surface area (Å²) >= 11 is 0. The van der Waals surface area contributed by atoms with E-state index in [1.165, 1.54) is 12.3 Å². The second kappa shape index (κ2) is 6.70. The standard InChI is InChI=1S/C16H22N2O3/c1-11(2)10-18(12-6-3-4-7-12)15(19)14-13(16(20)21)8-5-9-17-14/h5,8-9,11-12H,3-4,6-7,10H2,1-2H3,(H,20,21). The van der Waals surface area contributed by atoms with E-state index in [2.05, 4.69) is 18.8 Å². The third-order valence-corrected chi connectivity index (χ3v) is 3.83. The van der Waals surface area contributed by atoms with E-state index < -0.39 is 5.97 Å². The van der Waals surface area contributed by atoms with Crippen molar-refractivity contribution < 1.29 is 14.7 Å². The van der Waals surface area contributed by atoms with E-state index in [0.29, 0.717) is 12.5 Å². The van der Waals surface area contributed by atoms with Crippen molar-refractivity contribution in [2.75, 3.05) is 6.54 Å². The number of hydrogen-bond acceptors (Lipinski definition) is 3. The number of aromatic nitrogens is 1. The molecule has 21 heavy (non-hydrogen) atoms. The van der Waals surface area contributed by atoms with Crippen LogP contribution < -0.4 is 0 Å². The maximum atomic E-state index is 12.8. The summed E-state index contributed by atoms with van der Waals surface area (Å²) in [5.41, 5.74) is 0.0341. The average Bonchev–Trinajstić information content (AvgIpc) is 2.97. The number of carbonyl (C=O) groups is 2. The van der Waals surface area contributed by atoms with Crippen LogP contribution in [0.4, 0.5) is 0 Å². The number of nitrogens with zero attached hydrogens (tertiary/aromatic N) is 2. The summed E-state index contributed by atoms with van der Waals surface area (Å²) in [5, 5.41) is 9.23. The van der Waals surface area contributed by atoms with Crippen molar-refractivity contribution in [3.8, 4) is 0 Å². The number of rotatable bonds is 5. The normalized spacial score (nSPS) is 15.4. The van der Waals surface area contributed by atoms with Gasteiger partial charge in [0.15, 0.2) is 0 Å². The molecule has 0 unspecified atom stereocenters. The molecule has 1 N–H and O–H groups in total. The molecule has 1 aromatic rings. The summed E-state index contributed by atoms with van der Waals surface area (Å²) in [4.78, 5) is 29.9. The maximum Gasteiger partial charge on any atom is 0.338 e. The maximum absolute atomic E-state index is 12.8. The monoisotopic (exact) mass is 290 g/mol. The van der Waals surface area contributed by atoms with Crippen LogP contribution in [0.2, 0.25) is 0 Å². The van der Waals surface area contributed by atoms with Crippen molar-refractivity contribution in [2.45, 2.75) is 45.6 Å². The largest absolute Gasteiger partial charge is 0.478 e. The Hall–Kier alpha value is -1.91. The zero-order chi connectivity index (χ0) is 15.4. The highest BCUT2D eigenvalue weighted by molar-refractivity contribution is 6.03. The van der Waals surface area contributed by atoms with Crippen LogP contribution in [0.1, 0.15) is 60.4 Å². The highest BCUT2D eigenvalue weighted by Gasteiger charge is 2.30. The molecule has 0 bridgehead atoms. The van der Waals surface area contributed by atoms with Gasteiger partial charge in [-0.05, 0) is 30.9 Å². The molecule has 1 fully saturated rings. The number of carbonyl (C=O) groups excluding carboxylic acids is 1. The Bertz CT molecular complexity index is 522. The fraction of sp³-hybridized carbons (Fsp3) is 0.562. The number of carboxylic acids is 1. The van der Waals surface area contributed by atoms with E-state index in [9.17, 15) is 14.7 Å². The van der Waals surface area contributed by atoms with Crippen LogP contribution in [0.15, 0.2) is 18.3 Å². The van der Waals surface area contributed by atoms with Gasteiger partial charge in [-0.3, -0.25) is 9.78 Å². The molecule has 1 amide bonds. The van der Waals surface area contributed by atoms with E-state index in [0.717, 1.165) is 25.7 Å². The van der Waals surface area contributed by atoms with Gasteiger partial charge in [0.2, 0.25) is 0 Å². The van der Waals surface area contributed by atoms with E-state index in [1.807, 2.05) is 4.90 Å². The van der Waals surface area contributed by atoms with Crippen molar-refractivity contribution in [3.63, 3.8) is 0 Å². The molecular formula is C16H22N2O3. The molecule has 1 aromatic heterocycles. The van der Waals surface area contributed by atoms with Gasteiger partial charge in [0, 0.05) is 18.8 Å². The first-order valence-corrected chi connectivity index (χ1v) is 7.50. The van der Waals surface area contributed by atoms with Gasteiger partial charge < -0.3 is 10.0 Å². The van der Waals surface area contributed by atoms with Gasteiger partial charge in [-0.2, -0.15) is 0 Å². The minimum Gasteiger partial charge on any atom is -0.478 e. The molecule has 1 aliphatic rings. The summed E-state index contributed by atoms with van der Waals surface area (Å²) in [7, 11) is 0. The number of aromatic carboxylic acids is 1. The van der Waals surface area contributed by atoms with Crippen LogP contribution in [0.3, 0.4) is 0 Å². The predicted octanol–water partition coefficient (Wildman–Crippen LogP) is 2.82. The van der Waals surface area contributed by atoms with Gasteiger partial charge in [-0.25, -0.2) is 4.79 Å². The topological polar surface area (TPSA) is 70.5 Å². The molecule has 0 radical (unpaired) electrons. The lowest BCUT2D eigenvalue weighted by Crippen LogP contribution is -2.42. The van der Waals surface area contributed by atoms with E-state index in [4.69, 9.17) is 0 Å². The van der Waals surface area contributed by atoms with Crippen molar-refractivity contribution in [2.24, 2.45) is 5.92 Å². The summed E-state index contributed by atoms with van der Waals surface area (Å²) in [6.45, 7) is 4.76. The highest BCUT2D eigenvalue weighted by Crippen LogP contribution is 2.26. The van der Waals surface area contributed by atoms with Gasteiger partial charge in [0.25, 0.3) is 5.91 Å². The van der Waals surface area contributed by atoms with Crippen molar-refractivity contribution in [3.05, 3.63) is 29.6 Å². The number of carboxylic acid groups (broad SMARTS) is 1. The van der Waals surface area contributed by atoms with Crippen LogP contribution >= 0.6 is 0 Å². The van der Waals surface area contributed by atoms with Crippen LogP contribution in [-0.2, 0) is 0 Å². The Morgan fingerprint density at radius 3 is 2.62 bits per heavy atom. The van der Waals surface area contributed by atoms with Crippen molar-refractivity contribution in [1.82, 2.24) is 9.88 Å². The van der Waals surface area contributed by atoms with Gasteiger partial charge >= 0.3 is 5.97 Å². The second-order valence-electron chi connectivity index (χ2n) is 5.99. The minimum absolute atomic E-state index is 0.0192. The summed E-state index contributed by atoms with van der Waals surface area (Å²) in [5.74, 6) is -1.03. The SMILES string of the molecule is CC(C)CN(C(=O)c1ncccc1C(=O)O)C1CCCC1. The first-order valence-electron chi connectivity index (χ1n) is 7.50. The van der Waals surface area contributed by atoms with Crippen LogP contribution in [0.5, 0.6) is 0 Å². The van der Waals surface area contributed by atoms with Crippen LogP contribution in [0, 0.1) is 5.92 Å². The summed E-state index contributed by atoms with van der Waals surface area (Å²) in [6, 6.07) is 3.19. The molecule has 1 saturated carbocycles. The smallest absolute Gasteiger partial charge is 0.338 e. The number of hydrogen-bond donors (Lipinski definition) is 1. The third kappa shape index (κ3) is 3.60. The third-order valence-electron chi connectivity index (χ3n) is 3.83. The Labute approximate surface area is 125 Å². The van der Waals surface area contributed by atoms with E-state index in [1.54, 1.807) is 6.07 Å². The minimum atomic E-state index is -1.11. The first kappa shape index (κ1) is 15.5. The van der Waals surface area contributed by atoms with Crippen LogP contribution in [-0.4, -0.2) is 39.5 Å². The fourth-order valence-corrected chi connectivity index (χ4v) is 2.89. The Kier molecular flexibility index (Phi) is 4.94. The first-order chi connectivity index (χ1) is 10.0. The van der Waals surface area contributed by atoms with Crippen LogP contribution in [0.25, 0.3) is 0 Å². The van der Waals surface area contributed by atoms with Gasteiger partial charge in [0.05, 0.1) is 5.56 Å². The zero-order valence-electron chi connectivity index (χ0n) is 12.6. The Morgan fingerprint density at radius 1 is 1.38 bits per heavy atom. The Balaban J connectivity index is 2.31. The van der Waals surface area contributed by atoms with Gasteiger partial charge in [-0.15, -0.1) is 0 Å². The quantitative estimate of drug-likeness (QED) is 0.905. The molecule has 0 saturated heterocycles.